The molecule has 114 valence electrons. The minimum absolute atomic E-state index is 0.137. The Kier molecular flexibility index (Phi) is 3.79. The number of rotatable bonds is 2. The summed E-state index contributed by atoms with van der Waals surface area (Å²) in [6, 6.07) is 9.25. The van der Waals surface area contributed by atoms with Gasteiger partial charge in [0.1, 0.15) is 0 Å². The highest BCUT2D eigenvalue weighted by atomic mass is 16.4. The fourth-order valence-electron chi connectivity index (χ4n) is 3.14. The van der Waals surface area contributed by atoms with Crippen LogP contribution in [0.1, 0.15) is 23.7 Å². The molecule has 1 saturated heterocycles. The number of likely N-dealkylation sites (tertiary alicyclic amines) is 1. The standard InChI is InChI=1S/C17H18N2O3/c1-11-8-13(17(21)22)10-19(9-11)16(20)14-6-2-4-12-5-3-7-18-15(12)14/h2-7,11,13H,8-10H2,1H3,(H,21,22). The highest BCUT2D eigenvalue weighted by Gasteiger charge is 2.32. The van der Waals surface area contributed by atoms with Gasteiger partial charge in [0.15, 0.2) is 0 Å². The molecule has 0 bridgehead atoms. The van der Waals surface area contributed by atoms with Crippen molar-refractivity contribution in [2.24, 2.45) is 11.8 Å². The van der Waals surface area contributed by atoms with E-state index in [4.69, 9.17) is 0 Å². The topological polar surface area (TPSA) is 70.5 Å². The van der Waals surface area contributed by atoms with Crippen molar-refractivity contribution in [3.05, 3.63) is 42.1 Å². The fraction of sp³-hybridized carbons (Fsp3) is 0.353. The van der Waals surface area contributed by atoms with Gasteiger partial charge in [-0.1, -0.05) is 25.1 Å². The maximum Gasteiger partial charge on any atom is 0.308 e. The zero-order valence-electron chi connectivity index (χ0n) is 12.4. The zero-order chi connectivity index (χ0) is 15.7. The van der Waals surface area contributed by atoms with Crippen molar-refractivity contribution in [3.63, 3.8) is 0 Å². The average molecular weight is 298 g/mol. The smallest absolute Gasteiger partial charge is 0.308 e. The molecular weight excluding hydrogens is 280 g/mol. The van der Waals surface area contributed by atoms with Crippen LogP contribution >= 0.6 is 0 Å². The maximum atomic E-state index is 12.8. The minimum atomic E-state index is -0.833. The lowest BCUT2D eigenvalue weighted by molar-refractivity contribution is -0.143. The van der Waals surface area contributed by atoms with Crippen LogP contribution < -0.4 is 0 Å². The highest BCUT2D eigenvalue weighted by molar-refractivity contribution is 6.05. The van der Waals surface area contributed by atoms with Crippen molar-refractivity contribution < 1.29 is 14.7 Å². The Bertz CT molecular complexity index is 723. The number of carbonyl (C=O) groups excluding carboxylic acids is 1. The number of aliphatic carboxylic acids is 1. The molecule has 22 heavy (non-hydrogen) atoms. The first-order valence-corrected chi connectivity index (χ1v) is 7.42. The summed E-state index contributed by atoms with van der Waals surface area (Å²) in [5.74, 6) is -1.28. The van der Waals surface area contributed by atoms with Crippen molar-refractivity contribution in [1.29, 1.82) is 0 Å². The van der Waals surface area contributed by atoms with Gasteiger partial charge >= 0.3 is 5.97 Å². The Morgan fingerprint density at radius 1 is 1.23 bits per heavy atom. The SMILES string of the molecule is CC1CC(C(=O)O)CN(C(=O)c2cccc3cccnc23)C1. The van der Waals surface area contributed by atoms with Crippen LogP contribution in [0, 0.1) is 11.8 Å². The number of hydrogen-bond acceptors (Lipinski definition) is 3. The normalized spacial score (nSPS) is 21.8. The number of carboxylic acid groups (broad SMARTS) is 1. The molecule has 0 radical (unpaired) electrons. The summed E-state index contributed by atoms with van der Waals surface area (Å²) in [6.45, 7) is 2.84. The Morgan fingerprint density at radius 3 is 2.77 bits per heavy atom. The number of nitrogens with zero attached hydrogens (tertiary/aromatic N) is 2. The molecule has 1 aliphatic heterocycles. The number of hydrogen-bond donors (Lipinski definition) is 1. The van der Waals surface area contributed by atoms with Gasteiger partial charge in [-0.05, 0) is 24.5 Å². The molecular formula is C17H18N2O3. The number of carbonyl (C=O) groups is 2. The second-order valence-electron chi connectivity index (χ2n) is 5.97. The number of piperidine rings is 1. The van der Waals surface area contributed by atoms with E-state index in [0.29, 0.717) is 24.0 Å². The Balaban J connectivity index is 1.93. The summed E-state index contributed by atoms with van der Waals surface area (Å²) in [7, 11) is 0. The van der Waals surface area contributed by atoms with E-state index in [2.05, 4.69) is 4.98 Å². The number of pyridine rings is 1. The number of carboxylic acids is 1. The number of aromatic nitrogens is 1. The molecule has 5 nitrogen and oxygen atoms in total. The number of fused-ring (bicyclic) bond motifs is 1. The summed E-state index contributed by atoms with van der Waals surface area (Å²) >= 11 is 0. The lowest BCUT2D eigenvalue weighted by atomic mass is 9.90. The van der Waals surface area contributed by atoms with Crippen molar-refractivity contribution in [3.8, 4) is 0 Å². The van der Waals surface area contributed by atoms with Crippen LogP contribution in [-0.4, -0.2) is 40.0 Å². The van der Waals surface area contributed by atoms with Crippen molar-refractivity contribution >= 4 is 22.8 Å². The zero-order valence-corrected chi connectivity index (χ0v) is 12.4. The van der Waals surface area contributed by atoms with Crippen LogP contribution in [0.3, 0.4) is 0 Å². The first kappa shape index (κ1) is 14.5. The molecule has 5 heteroatoms. The van der Waals surface area contributed by atoms with Crippen LogP contribution in [-0.2, 0) is 4.79 Å². The number of benzene rings is 1. The van der Waals surface area contributed by atoms with Gasteiger partial charge in [-0.2, -0.15) is 0 Å². The number of para-hydroxylation sites is 1. The van der Waals surface area contributed by atoms with E-state index < -0.39 is 11.9 Å². The molecule has 1 aliphatic rings. The second-order valence-corrected chi connectivity index (χ2v) is 5.97. The first-order chi connectivity index (χ1) is 10.6. The largest absolute Gasteiger partial charge is 0.481 e. The second kappa shape index (κ2) is 5.75. The Labute approximate surface area is 128 Å². The van der Waals surface area contributed by atoms with E-state index in [1.807, 2.05) is 31.2 Å². The molecule has 3 rings (SSSR count). The average Bonchev–Trinajstić information content (AvgIpc) is 2.53. The molecule has 0 aliphatic carbocycles. The predicted octanol–water partition coefficient (Wildman–Crippen LogP) is 2.42. The first-order valence-electron chi connectivity index (χ1n) is 7.42. The molecule has 2 atom stereocenters. The summed E-state index contributed by atoms with van der Waals surface area (Å²) in [4.78, 5) is 30.0. The van der Waals surface area contributed by atoms with Gasteiger partial charge in [-0.3, -0.25) is 14.6 Å². The van der Waals surface area contributed by atoms with E-state index >= 15 is 0 Å². The molecule has 1 N–H and O–H groups in total. The van der Waals surface area contributed by atoms with Gasteiger partial charge < -0.3 is 10.0 Å². The summed E-state index contributed by atoms with van der Waals surface area (Å²) in [5.41, 5.74) is 1.21. The van der Waals surface area contributed by atoms with Gasteiger partial charge in [0.2, 0.25) is 0 Å². The third kappa shape index (κ3) is 2.66. The lowest BCUT2D eigenvalue weighted by Gasteiger charge is -2.34. The van der Waals surface area contributed by atoms with Crippen LogP contribution in [0.15, 0.2) is 36.5 Å². The minimum Gasteiger partial charge on any atom is -0.481 e. The quantitative estimate of drug-likeness (QED) is 0.924. The van der Waals surface area contributed by atoms with E-state index in [0.717, 1.165) is 5.39 Å². The molecule has 2 unspecified atom stereocenters. The monoisotopic (exact) mass is 298 g/mol. The van der Waals surface area contributed by atoms with E-state index in [1.54, 1.807) is 17.2 Å². The third-order valence-corrected chi connectivity index (χ3v) is 4.16. The Morgan fingerprint density at radius 2 is 2.00 bits per heavy atom. The summed E-state index contributed by atoms with van der Waals surface area (Å²) in [5, 5.41) is 10.2. The van der Waals surface area contributed by atoms with Crippen LogP contribution in [0.25, 0.3) is 10.9 Å². The van der Waals surface area contributed by atoms with E-state index in [1.165, 1.54) is 0 Å². The molecule has 1 fully saturated rings. The van der Waals surface area contributed by atoms with Crippen molar-refractivity contribution in [2.45, 2.75) is 13.3 Å². The summed E-state index contributed by atoms with van der Waals surface area (Å²) < 4.78 is 0. The fourth-order valence-corrected chi connectivity index (χ4v) is 3.14. The molecule has 2 aromatic rings. The van der Waals surface area contributed by atoms with Gasteiger partial charge in [0, 0.05) is 24.7 Å². The third-order valence-electron chi connectivity index (χ3n) is 4.16. The van der Waals surface area contributed by atoms with E-state index in [-0.39, 0.29) is 18.4 Å². The van der Waals surface area contributed by atoms with Crippen LogP contribution in [0.4, 0.5) is 0 Å². The molecule has 0 saturated carbocycles. The molecule has 2 heterocycles. The van der Waals surface area contributed by atoms with Crippen LogP contribution in [0.2, 0.25) is 0 Å². The van der Waals surface area contributed by atoms with Crippen LogP contribution in [0.5, 0.6) is 0 Å². The lowest BCUT2D eigenvalue weighted by Crippen LogP contribution is -2.45. The number of amides is 1. The van der Waals surface area contributed by atoms with Gasteiger partial charge in [-0.25, -0.2) is 0 Å². The molecule has 1 amide bonds. The molecule has 1 aromatic carbocycles. The van der Waals surface area contributed by atoms with E-state index in [9.17, 15) is 14.7 Å². The molecule has 0 spiro atoms. The highest BCUT2D eigenvalue weighted by Crippen LogP contribution is 2.25. The van der Waals surface area contributed by atoms with Crippen molar-refractivity contribution in [2.75, 3.05) is 13.1 Å². The van der Waals surface area contributed by atoms with Gasteiger partial charge in [0.05, 0.1) is 17.0 Å². The molecule has 1 aromatic heterocycles. The predicted molar refractivity (Wildman–Crippen MR) is 82.6 cm³/mol. The maximum absolute atomic E-state index is 12.8. The summed E-state index contributed by atoms with van der Waals surface area (Å²) in [6.07, 6.45) is 2.28. The van der Waals surface area contributed by atoms with Crippen molar-refractivity contribution in [1.82, 2.24) is 9.88 Å². The van der Waals surface area contributed by atoms with Gasteiger partial charge in [0.25, 0.3) is 5.91 Å². The van der Waals surface area contributed by atoms with Gasteiger partial charge in [-0.15, -0.1) is 0 Å². The Hall–Kier alpha value is -2.43.